The third kappa shape index (κ3) is 3.48. The van der Waals surface area contributed by atoms with Crippen molar-refractivity contribution in [3.63, 3.8) is 0 Å². The van der Waals surface area contributed by atoms with Gasteiger partial charge in [0.1, 0.15) is 5.75 Å². The Morgan fingerprint density at radius 3 is 2.60 bits per heavy atom. The molecular formula is C17H20O2S. The normalized spacial score (nSPS) is 10.8. The van der Waals surface area contributed by atoms with E-state index >= 15 is 0 Å². The van der Waals surface area contributed by atoms with Gasteiger partial charge in [-0.25, -0.2) is 0 Å². The predicted octanol–water partition coefficient (Wildman–Crippen LogP) is 4.75. The molecule has 3 heteroatoms. The number of Topliss-reactive ketones (excluding diaryl/α,β-unsaturated/α-hetero) is 1. The van der Waals surface area contributed by atoms with Gasteiger partial charge < -0.3 is 4.74 Å². The molecule has 0 unspecified atom stereocenters. The molecule has 2 aromatic rings. The smallest absolute Gasteiger partial charge is 0.201 e. The lowest BCUT2D eigenvalue weighted by atomic mass is 10.0. The fourth-order valence-electron chi connectivity index (χ4n) is 2.10. The summed E-state index contributed by atoms with van der Waals surface area (Å²) in [6.45, 7) is 8.37. The van der Waals surface area contributed by atoms with Gasteiger partial charge in [-0.1, -0.05) is 26.0 Å². The van der Waals surface area contributed by atoms with Crippen molar-refractivity contribution in [2.45, 2.75) is 33.6 Å². The van der Waals surface area contributed by atoms with Crippen molar-refractivity contribution in [3.8, 4) is 5.75 Å². The summed E-state index contributed by atoms with van der Waals surface area (Å²) in [5, 5.41) is 0. The Kier molecular flexibility index (Phi) is 4.61. The van der Waals surface area contributed by atoms with Crippen LogP contribution in [-0.4, -0.2) is 12.4 Å². The van der Waals surface area contributed by atoms with E-state index in [1.165, 1.54) is 5.56 Å². The van der Waals surface area contributed by atoms with Crippen molar-refractivity contribution >= 4 is 17.1 Å². The molecule has 1 heterocycles. The van der Waals surface area contributed by atoms with Gasteiger partial charge in [-0.3, -0.25) is 4.79 Å². The summed E-state index contributed by atoms with van der Waals surface area (Å²) in [7, 11) is 0. The standard InChI is InChI=1S/C17H20O2S/c1-11(2)14-6-5-7-15(9-14)19-10-17(18)16-8-12(3)20-13(16)4/h5-9,11H,10H2,1-4H3. The van der Waals surface area contributed by atoms with Crippen molar-refractivity contribution in [2.75, 3.05) is 6.61 Å². The third-order valence-electron chi connectivity index (χ3n) is 3.24. The monoisotopic (exact) mass is 288 g/mol. The van der Waals surface area contributed by atoms with E-state index in [2.05, 4.69) is 19.9 Å². The molecule has 20 heavy (non-hydrogen) atoms. The molecule has 0 amide bonds. The van der Waals surface area contributed by atoms with Crippen molar-refractivity contribution < 1.29 is 9.53 Å². The second-order valence-corrected chi connectivity index (χ2v) is 6.73. The maximum Gasteiger partial charge on any atom is 0.201 e. The van der Waals surface area contributed by atoms with Gasteiger partial charge in [-0.2, -0.15) is 0 Å². The fraction of sp³-hybridized carbons (Fsp3) is 0.353. The van der Waals surface area contributed by atoms with Crippen molar-refractivity contribution in [1.82, 2.24) is 0 Å². The second-order valence-electron chi connectivity index (χ2n) is 5.27. The Hall–Kier alpha value is -1.61. The molecule has 0 atom stereocenters. The zero-order chi connectivity index (χ0) is 14.7. The van der Waals surface area contributed by atoms with Gasteiger partial charge in [0.25, 0.3) is 0 Å². The van der Waals surface area contributed by atoms with Crippen LogP contribution in [0.2, 0.25) is 0 Å². The van der Waals surface area contributed by atoms with Crippen LogP contribution in [0.5, 0.6) is 5.75 Å². The molecule has 1 aromatic carbocycles. The zero-order valence-electron chi connectivity index (χ0n) is 12.4. The number of rotatable bonds is 5. The summed E-state index contributed by atoms with van der Waals surface area (Å²) in [6.07, 6.45) is 0. The van der Waals surface area contributed by atoms with Crippen LogP contribution >= 0.6 is 11.3 Å². The number of hydrogen-bond donors (Lipinski definition) is 0. The molecule has 0 fully saturated rings. The average molecular weight is 288 g/mol. The van der Waals surface area contributed by atoms with Crippen LogP contribution in [0, 0.1) is 13.8 Å². The topological polar surface area (TPSA) is 26.3 Å². The molecule has 0 aliphatic heterocycles. The highest BCUT2D eigenvalue weighted by molar-refractivity contribution is 7.12. The van der Waals surface area contributed by atoms with E-state index in [4.69, 9.17) is 4.74 Å². The molecule has 0 radical (unpaired) electrons. The van der Waals surface area contributed by atoms with Gasteiger partial charge in [0.2, 0.25) is 5.78 Å². The van der Waals surface area contributed by atoms with Crippen molar-refractivity contribution in [3.05, 3.63) is 51.2 Å². The first-order valence-electron chi connectivity index (χ1n) is 6.80. The maximum absolute atomic E-state index is 12.2. The summed E-state index contributed by atoms with van der Waals surface area (Å²) >= 11 is 1.65. The van der Waals surface area contributed by atoms with Crippen LogP contribution in [0.1, 0.15) is 45.4 Å². The summed E-state index contributed by atoms with van der Waals surface area (Å²) in [5.74, 6) is 1.26. The molecule has 0 aliphatic carbocycles. The Morgan fingerprint density at radius 2 is 2.00 bits per heavy atom. The molecule has 0 bridgehead atoms. The van der Waals surface area contributed by atoms with E-state index in [0.29, 0.717) is 5.92 Å². The van der Waals surface area contributed by atoms with E-state index < -0.39 is 0 Å². The summed E-state index contributed by atoms with van der Waals surface area (Å²) < 4.78 is 5.63. The van der Waals surface area contributed by atoms with Gasteiger partial charge in [0.05, 0.1) is 0 Å². The van der Waals surface area contributed by atoms with Crippen molar-refractivity contribution in [1.29, 1.82) is 0 Å². The van der Waals surface area contributed by atoms with Crippen LogP contribution in [0.25, 0.3) is 0 Å². The first kappa shape index (κ1) is 14.8. The summed E-state index contributed by atoms with van der Waals surface area (Å²) in [5.41, 5.74) is 2.00. The number of hydrogen-bond acceptors (Lipinski definition) is 3. The lowest BCUT2D eigenvalue weighted by Crippen LogP contribution is -2.11. The molecule has 2 rings (SSSR count). The minimum absolute atomic E-state index is 0.0433. The predicted molar refractivity (Wildman–Crippen MR) is 84.1 cm³/mol. The minimum Gasteiger partial charge on any atom is -0.485 e. The van der Waals surface area contributed by atoms with Crippen LogP contribution in [0.15, 0.2) is 30.3 Å². The van der Waals surface area contributed by atoms with Crippen LogP contribution < -0.4 is 4.74 Å². The molecular weight excluding hydrogens is 268 g/mol. The minimum atomic E-state index is 0.0433. The number of ketones is 1. The number of carbonyl (C=O) groups excluding carboxylic acids is 1. The highest BCUT2D eigenvalue weighted by Gasteiger charge is 2.12. The maximum atomic E-state index is 12.2. The number of benzene rings is 1. The Balaban J connectivity index is 2.03. The highest BCUT2D eigenvalue weighted by Crippen LogP contribution is 2.23. The number of ether oxygens (including phenoxy) is 1. The van der Waals surface area contributed by atoms with Crippen LogP contribution in [-0.2, 0) is 0 Å². The molecule has 0 aliphatic rings. The number of carbonyl (C=O) groups is 1. The van der Waals surface area contributed by atoms with Crippen molar-refractivity contribution in [2.24, 2.45) is 0 Å². The van der Waals surface area contributed by atoms with Gasteiger partial charge in [0, 0.05) is 15.3 Å². The first-order valence-corrected chi connectivity index (χ1v) is 7.62. The molecule has 0 spiro atoms. The first-order chi connectivity index (χ1) is 9.47. The fourth-order valence-corrected chi connectivity index (χ4v) is 3.04. The highest BCUT2D eigenvalue weighted by atomic mass is 32.1. The Bertz CT molecular complexity index is 611. The summed E-state index contributed by atoms with van der Waals surface area (Å²) in [4.78, 5) is 14.4. The molecule has 0 N–H and O–H groups in total. The lowest BCUT2D eigenvalue weighted by Gasteiger charge is -2.09. The molecule has 0 saturated carbocycles. The molecule has 1 aromatic heterocycles. The van der Waals surface area contributed by atoms with Gasteiger partial charge in [0.15, 0.2) is 6.61 Å². The van der Waals surface area contributed by atoms with Gasteiger partial charge >= 0.3 is 0 Å². The van der Waals surface area contributed by atoms with Crippen LogP contribution in [0.3, 0.4) is 0 Å². The largest absolute Gasteiger partial charge is 0.485 e. The Morgan fingerprint density at radius 1 is 1.25 bits per heavy atom. The average Bonchev–Trinajstić information content (AvgIpc) is 2.75. The third-order valence-corrected chi connectivity index (χ3v) is 4.20. The number of aryl methyl sites for hydroxylation is 2. The van der Waals surface area contributed by atoms with Crippen LogP contribution in [0.4, 0.5) is 0 Å². The molecule has 2 nitrogen and oxygen atoms in total. The Labute approximate surface area is 124 Å². The zero-order valence-corrected chi connectivity index (χ0v) is 13.2. The van der Waals surface area contributed by atoms with Gasteiger partial charge in [-0.05, 0) is 43.5 Å². The quantitative estimate of drug-likeness (QED) is 0.742. The van der Waals surface area contributed by atoms with E-state index in [9.17, 15) is 4.79 Å². The van der Waals surface area contributed by atoms with E-state index in [1.807, 2.05) is 38.1 Å². The summed E-state index contributed by atoms with van der Waals surface area (Å²) in [6, 6.07) is 9.88. The van der Waals surface area contributed by atoms with Gasteiger partial charge in [-0.15, -0.1) is 11.3 Å². The van der Waals surface area contributed by atoms with E-state index in [1.54, 1.807) is 11.3 Å². The van der Waals surface area contributed by atoms with E-state index in [-0.39, 0.29) is 12.4 Å². The molecule has 106 valence electrons. The SMILES string of the molecule is Cc1cc(C(=O)COc2cccc(C(C)C)c2)c(C)s1. The lowest BCUT2D eigenvalue weighted by molar-refractivity contribution is 0.0921. The number of thiophene rings is 1. The van der Waals surface area contributed by atoms with E-state index in [0.717, 1.165) is 21.1 Å². The molecule has 0 saturated heterocycles. The second kappa shape index (κ2) is 6.23.